The number of aliphatic imine (C=N–C) groups is 1. The van der Waals surface area contributed by atoms with E-state index in [9.17, 15) is 4.39 Å². The maximum Gasteiger partial charge on any atom is 0.191 e. The largest absolute Gasteiger partial charge is 0.379 e. The highest BCUT2D eigenvalue weighted by Crippen LogP contribution is 2.11. The van der Waals surface area contributed by atoms with Gasteiger partial charge in [-0.25, -0.2) is 4.39 Å². The number of halogens is 1. The minimum Gasteiger partial charge on any atom is -0.379 e. The van der Waals surface area contributed by atoms with Gasteiger partial charge in [0.15, 0.2) is 5.96 Å². The summed E-state index contributed by atoms with van der Waals surface area (Å²) in [7, 11) is 2.06. The van der Waals surface area contributed by atoms with Crippen LogP contribution in [0.4, 0.5) is 4.39 Å². The summed E-state index contributed by atoms with van der Waals surface area (Å²) in [4.78, 5) is 6.79. The summed E-state index contributed by atoms with van der Waals surface area (Å²) >= 11 is 0. The van der Waals surface area contributed by atoms with Crippen molar-refractivity contribution in [2.24, 2.45) is 4.99 Å². The quantitative estimate of drug-likeness (QED) is 0.324. The molecule has 0 saturated carbocycles. The molecular weight excluding hydrogens is 359 g/mol. The molecule has 6 nitrogen and oxygen atoms in total. The first-order valence-corrected chi connectivity index (χ1v) is 10.3. The zero-order valence-electron chi connectivity index (χ0n) is 17.3. The highest BCUT2D eigenvalue weighted by atomic mass is 19.1. The number of guanidine groups is 1. The van der Waals surface area contributed by atoms with Crippen LogP contribution < -0.4 is 10.6 Å². The van der Waals surface area contributed by atoms with Gasteiger partial charge in [0.1, 0.15) is 5.82 Å². The summed E-state index contributed by atoms with van der Waals surface area (Å²) in [6.45, 7) is 8.34. The Bertz CT molecular complexity index is 562. The van der Waals surface area contributed by atoms with Crippen LogP contribution in [-0.2, 0) is 16.0 Å². The van der Waals surface area contributed by atoms with Crippen molar-refractivity contribution in [1.82, 2.24) is 15.5 Å². The van der Waals surface area contributed by atoms with Crippen molar-refractivity contribution in [2.75, 3.05) is 53.0 Å². The predicted octanol–water partition coefficient (Wildman–Crippen LogP) is 2.40. The van der Waals surface area contributed by atoms with Gasteiger partial charge in [-0.2, -0.15) is 0 Å². The summed E-state index contributed by atoms with van der Waals surface area (Å²) < 4.78 is 24.2. The van der Waals surface area contributed by atoms with Gasteiger partial charge < -0.3 is 25.0 Å². The fourth-order valence-electron chi connectivity index (χ4n) is 3.04. The molecule has 1 heterocycles. The third-order valence-corrected chi connectivity index (χ3v) is 4.54. The van der Waals surface area contributed by atoms with E-state index >= 15 is 0 Å². The van der Waals surface area contributed by atoms with Gasteiger partial charge in [-0.1, -0.05) is 12.1 Å². The molecule has 0 radical (unpaired) electrons. The second-order valence-corrected chi connectivity index (χ2v) is 7.12. The Morgan fingerprint density at radius 2 is 2.14 bits per heavy atom. The number of hydrogen-bond acceptors (Lipinski definition) is 4. The summed E-state index contributed by atoms with van der Waals surface area (Å²) in [6, 6.07) is 6.65. The lowest BCUT2D eigenvalue weighted by Crippen LogP contribution is -2.41. The highest BCUT2D eigenvalue weighted by Gasteiger charge is 2.14. The van der Waals surface area contributed by atoms with Gasteiger partial charge in [0, 0.05) is 45.9 Å². The van der Waals surface area contributed by atoms with Crippen LogP contribution in [0.3, 0.4) is 0 Å². The molecule has 0 aromatic heterocycles. The highest BCUT2D eigenvalue weighted by molar-refractivity contribution is 5.79. The SMILES string of the molecule is CCNC(=NCCCOCC1CCCO1)NCCN(C)Cc1ccc(F)cc1. The Labute approximate surface area is 168 Å². The van der Waals surface area contributed by atoms with E-state index < -0.39 is 0 Å². The number of nitrogens with one attached hydrogen (secondary N) is 2. The second kappa shape index (κ2) is 13.5. The maximum absolute atomic E-state index is 13.0. The first-order chi connectivity index (χ1) is 13.7. The van der Waals surface area contributed by atoms with E-state index in [1.54, 1.807) is 0 Å². The standard InChI is InChI=1S/C21H35FN4O2/c1-3-23-21(24-11-5-14-27-17-20-6-4-15-28-20)25-12-13-26(2)16-18-7-9-19(22)10-8-18/h7-10,20H,3-6,11-17H2,1-2H3,(H2,23,24,25). The van der Waals surface area contributed by atoms with E-state index in [1.165, 1.54) is 12.1 Å². The van der Waals surface area contributed by atoms with Gasteiger partial charge >= 0.3 is 0 Å². The molecule has 0 aliphatic carbocycles. The smallest absolute Gasteiger partial charge is 0.191 e. The van der Waals surface area contributed by atoms with Crippen LogP contribution in [0, 0.1) is 5.82 Å². The number of rotatable bonds is 12. The molecule has 2 rings (SSSR count). The Balaban J connectivity index is 1.58. The fraction of sp³-hybridized carbons (Fsp3) is 0.667. The van der Waals surface area contributed by atoms with Gasteiger partial charge in [-0.05, 0) is 50.9 Å². The first kappa shape index (κ1) is 22.6. The zero-order valence-corrected chi connectivity index (χ0v) is 17.3. The lowest BCUT2D eigenvalue weighted by Gasteiger charge is -2.18. The second-order valence-electron chi connectivity index (χ2n) is 7.12. The lowest BCUT2D eigenvalue weighted by molar-refractivity contribution is 0.0171. The molecular formula is C21H35FN4O2. The Morgan fingerprint density at radius 3 is 2.86 bits per heavy atom. The van der Waals surface area contributed by atoms with Gasteiger partial charge in [0.25, 0.3) is 0 Å². The van der Waals surface area contributed by atoms with Crippen molar-refractivity contribution in [3.8, 4) is 0 Å². The molecule has 1 aromatic carbocycles. The molecule has 0 spiro atoms. The van der Waals surface area contributed by atoms with Crippen LogP contribution in [0.15, 0.2) is 29.3 Å². The molecule has 1 aliphatic rings. The molecule has 1 aliphatic heterocycles. The number of nitrogens with zero attached hydrogens (tertiary/aromatic N) is 2. The average Bonchev–Trinajstić information content (AvgIpc) is 3.20. The lowest BCUT2D eigenvalue weighted by atomic mass is 10.2. The summed E-state index contributed by atoms with van der Waals surface area (Å²) in [5.74, 6) is 0.633. The molecule has 28 heavy (non-hydrogen) atoms. The van der Waals surface area contributed by atoms with Crippen LogP contribution in [-0.4, -0.2) is 70.0 Å². The van der Waals surface area contributed by atoms with Crippen LogP contribution in [0.5, 0.6) is 0 Å². The minimum absolute atomic E-state index is 0.197. The van der Waals surface area contributed by atoms with Crippen molar-refractivity contribution in [2.45, 2.75) is 38.8 Å². The Hall–Kier alpha value is -1.70. The van der Waals surface area contributed by atoms with Crippen molar-refractivity contribution >= 4 is 5.96 Å². The number of hydrogen-bond donors (Lipinski definition) is 2. The van der Waals surface area contributed by atoms with E-state index in [0.29, 0.717) is 13.2 Å². The predicted molar refractivity (Wildman–Crippen MR) is 111 cm³/mol. The third-order valence-electron chi connectivity index (χ3n) is 4.54. The maximum atomic E-state index is 13.0. The molecule has 1 aromatic rings. The summed E-state index contributed by atoms with van der Waals surface area (Å²) in [5.41, 5.74) is 1.10. The van der Waals surface area contributed by atoms with E-state index in [0.717, 1.165) is 70.1 Å². The molecule has 1 unspecified atom stereocenters. The van der Waals surface area contributed by atoms with Crippen molar-refractivity contribution in [3.63, 3.8) is 0 Å². The summed E-state index contributed by atoms with van der Waals surface area (Å²) in [6.07, 6.45) is 3.44. The van der Waals surface area contributed by atoms with Crippen molar-refractivity contribution in [1.29, 1.82) is 0 Å². The van der Waals surface area contributed by atoms with Gasteiger partial charge in [-0.3, -0.25) is 4.99 Å². The molecule has 1 atom stereocenters. The molecule has 158 valence electrons. The van der Waals surface area contributed by atoms with E-state index in [-0.39, 0.29) is 11.9 Å². The van der Waals surface area contributed by atoms with E-state index in [2.05, 4.69) is 34.5 Å². The molecule has 1 saturated heterocycles. The van der Waals surface area contributed by atoms with E-state index in [1.807, 2.05) is 12.1 Å². The number of likely N-dealkylation sites (N-methyl/N-ethyl adjacent to an activating group) is 1. The van der Waals surface area contributed by atoms with Crippen LogP contribution in [0.1, 0.15) is 31.7 Å². The van der Waals surface area contributed by atoms with Crippen molar-refractivity contribution < 1.29 is 13.9 Å². The number of ether oxygens (including phenoxy) is 2. The molecule has 7 heteroatoms. The Kier molecular flexibility index (Phi) is 10.9. The van der Waals surface area contributed by atoms with Gasteiger partial charge in [-0.15, -0.1) is 0 Å². The molecule has 0 bridgehead atoms. The third kappa shape index (κ3) is 9.48. The molecule has 1 fully saturated rings. The minimum atomic E-state index is -0.197. The van der Waals surface area contributed by atoms with E-state index in [4.69, 9.17) is 9.47 Å². The van der Waals surface area contributed by atoms with Crippen LogP contribution >= 0.6 is 0 Å². The monoisotopic (exact) mass is 394 g/mol. The number of benzene rings is 1. The van der Waals surface area contributed by atoms with Gasteiger partial charge in [0.2, 0.25) is 0 Å². The van der Waals surface area contributed by atoms with Crippen molar-refractivity contribution in [3.05, 3.63) is 35.6 Å². The van der Waals surface area contributed by atoms with Gasteiger partial charge in [0.05, 0.1) is 12.7 Å². The summed E-state index contributed by atoms with van der Waals surface area (Å²) in [5, 5.41) is 6.62. The van der Waals surface area contributed by atoms with Crippen LogP contribution in [0.25, 0.3) is 0 Å². The molecule has 0 amide bonds. The Morgan fingerprint density at radius 1 is 1.32 bits per heavy atom. The first-order valence-electron chi connectivity index (χ1n) is 10.3. The average molecular weight is 395 g/mol. The molecule has 2 N–H and O–H groups in total. The normalized spacial score (nSPS) is 17.3. The fourth-order valence-corrected chi connectivity index (χ4v) is 3.04. The van der Waals surface area contributed by atoms with Crippen LogP contribution in [0.2, 0.25) is 0 Å². The zero-order chi connectivity index (χ0) is 20.0. The topological polar surface area (TPSA) is 58.1 Å².